The number of aliphatic hydroxyl groups excluding tert-OH is 1. The lowest BCUT2D eigenvalue weighted by atomic mass is 10.0. The van der Waals surface area contributed by atoms with Crippen molar-refractivity contribution < 1.29 is 19.0 Å². The van der Waals surface area contributed by atoms with Crippen LogP contribution in [0.5, 0.6) is 0 Å². The number of aliphatic hydroxyl groups is 1. The third-order valence-electron chi connectivity index (χ3n) is 6.51. The standard InChI is InChI=1S/C25H32ClFN4O3/c1-15(2)34-14-23(17-4-6-21(27)20(26)11-17)30-25(33)31-8-7-18-12-28-24(29-22(18)13-31)10-16-3-5-19(32)9-16/h4,6,11-12,15-16,19,23,32H,3,5,7-10,13-14H2,1-2H3,(H,30,33)/t16-,19-,23+/m0/s1. The van der Waals surface area contributed by atoms with E-state index in [4.69, 9.17) is 21.3 Å². The molecule has 1 aromatic heterocycles. The van der Waals surface area contributed by atoms with E-state index in [2.05, 4.69) is 10.3 Å². The number of carbonyl (C=O) groups excluding carboxylic acids is 1. The van der Waals surface area contributed by atoms with E-state index in [-0.39, 0.29) is 29.9 Å². The molecule has 2 N–H and O–H groups in total. The molecule has 2 aromatic rings. The normalized spacial score (nSPS) is 20.9. The second kappa shape index (κ2) is 11.0. The van der Waals surface area contributed by atoms with Crippen LogP contribution in [-0.4, -0.2) is 51.4 Å². The van der Waals surface area contributed by atoms with Gasteiger partial charge in [-0.2, -0.15) is 0 Å². The minimum Gasteiger partial charge on any atom is -0.393 e. The van der Waals surface area contributed by atoms with Crippen LogP contribution in [0, 0.1) is 11.7 Å². The van der Waals surface area contributed by atoms with Gasteiger partial charge in [0.25, 0.3) is 0 Å². The Hall–Kier alpha value is -2.29. The lowest BCUT2D eigenvalue weighted by Gasteiger charge is -2.30. The van der Waals surface area contributed by atoms with Gasteiger partial charge in [0.05, 0.1) is 42.1 Å². The number of carbonyl (C=O) groups is 1. The molecule has 1 aliphatic carbocycles. The number of ether oxygens (including phenoxy) is 1. The smallest absolute Gasteiger partial charge is 0.318 e. The fourth-order valence-corrected chi connectivity index (χ4v) is 4.78. The lowest BCUT2D eigenvalue weighted by Crippen LogP contribution is -2.45. The summed E-state index contributed by atoms with van der Waals surface area (Å²) in [6.07, 6.45) is 5.68. The first-order valence-electron chi connectivity index (χ1n) is 11.9. The number of aromatic nitrogens is 2. The van der Waals surface area contributed by atoms with Crippen molar-refractivity contribution in [2.45, 2.75) is 70.7 Å². The van der Waals surface area contributed by atoms with E-state index in [9.17, 15) is 14.3 Å². The van der Waals surface area contributed by atoms with Gasteiger partial charge in [0.2, 0.25) is 0 Å². The van der Waals surface area contributed by atoms with Crippen molar-refractivity contribution in [3.63, 3.8) is 0 Å². The van der Waals surface area contributed by atoms with Crippen LogP contribution in [0.4, 0.5) is 9.18 Å². The summed E-state index contributed by atoms with van der Waals surface area (Å²) >= 11 is 5.98. The van der Waals surface area contributed by atoms with E-state index in [1.54, 1.807) is 11.0 Å². The number of amides is 2. The van der Waals surface area contributed by atoms with Gasteiger partial charge in [-0.25, -0.2) is 19.2 Å². The van der Waals surface area contributed by atoms with E-state index in [1.165, 1.54) is 12.1 Å². The molecule has 184 valence electrons. The maximum atomic E-state index is 13.7. The summed E-state index contributed by atoms with van der Waals surface area (Å²) in [5, 5.41) is 12.8. The average molecular weight is 491 g/mol. The van der Waals surface area contributed by atoms with Gasteiger partial charge in [0, 0.05) is 19.2 Å². The maximum absolute atomic E-state index is 13.7. The van der Waals surface area contributed by atoms with Gasteiger partial charge in [0.1, 0.15) is 11.6 Å². The summed E-state index contributed by atoms with van der Waals surface area (Å²) in [6, 6.07) is 3.73. The van der Waals surface area contributed by atoms with Crippen LogP contribution >= 0.6 is 11.6 Å². The molecule has 9 heteroatoms. The summed E-state index contributed by atoms with van der Waals surface area (Å²) < 4.78 is 19.4. The summed E-state index contributed by atoms with van der Waals surface area (Å²) in [6.45, 7) is 5.03. The molecular formula is C25H32ClFN4O3. The highest BCUT2D eigenvalue weighted by Gasteiger charge is 2.27. The van der Waals surface area contributed by atoms with Crippen LogP contribution in [0.2, 0.25) is 5.02 Å². The topological polar surface area (TPSA) is 87.6 Å². The molecule has 3 atom stereocenters. The molecule has 0 radical (unpaired) electrons. The molecular weight excluding hydrogens is 459 g/mol. The first-order valence-corrected chi connectivity index (χ1v) is 12.3. The minimum absolute atomic E-state index is 0.00667. The summed E-state index contributed by atoms with van der Waals surface area (Å²) in [7, 11) is 0. The molecule has 2 aliphatic rings. The van der Waals surface area contributed by atoms with Crippen molar-refractivity contribution >= 4 is 17.6 Å². The zero-order chi connectivity index (χ0) is 24.2. The molecule has 2 amide bonds. The zero-order valence-electron chi connectivity index (χ0n) is 19.6. The van der Waals surface area contributed by atoms with Gasteiger partial charge in [-0.3, -0.25) is 0 Å². The Morgan fingerprint density at radius 3 is 2.91 bits per heavy atom. The van der Waals surface area contributed by atoms with Crippen molar-refractivity contribution in [1.29, 1.82) is 0 Å². The molecule has 0 spiro atoms. The monoisotopic (exact) mass is 490 g/mol. The fourth-order valence-electron chi connectivity index (χ4n) is 4.59. The zero-order valence-corrected chi connectivity index (χ0v) is 20.4. The Morgan fingerprint density at radius 1 is 1.38 bits per heavy atom. The highest BCUT2D eigenvalue weighted by atomic mass is 35.5. The summed E-state index contributed by atoms with van der Waals surface area (Å²) in [5.74, 6) is 0.667. The van der Waals surface area contributed by atoms with E-state index in [0.29, 0.717) is 31.0 Å². The van der Waals surface area contributed by atoms with Gasteiger partial charge in [-0.05, 0) is 68.7 Å². The van der Waals surface area contributed by atoms with Gasteiger partial charge < -0.3 is 20.1 Å². The highest BCUT2D eigenvalue weighted by molar-refractivity contribution is 6.30. The molecule has 1 fully saturated rings. The van der Waals surface area contributed by atoms with Crippen LogP contribution in [0.25, 0.3) is 0 Å². The van der Waals surface area contributed by atoms with Gasteiger partial charge in [-0.1, -0.05) is 17.7 Å². The predicted molar refractivity (Wildman–Crippen MR) is 127 cm³/mol. The van der Waals surface area contributed by atoms with Crippen LogP contribution in [0.3, 0.4) is 0 Å². The van der Waals surface area contributed by atoms with E-state index in [0.717, 1.165) is 42.8 Å². The summed E-state index contributed by atoms with van der Waals surface area (Å²) in [5.41, 5.74) is 2.61. The van der Waals surface area contributed by atoms with Gasteiger partial charge in [-0.15, -0.1) is 0 Å². The molecule has 2 heterocycles. The number of hydrogen-bond acceptors (Lipinski definition) is 5. The number of benzene rings is 1. The average Bonchev–Trinajstić information content (AvgIpc) is 3.22. The molecule has 1 saturated carbocycles. The largest absolute Gasteiger partial charge is 0.393 e. The van der Waals surface area contributed by atoms with Crippen LogP contribution in [0.15, 0.2) is 24.4 Å². The second-order valence-electron chi connectivity index (χ2n) is 9.52. The highest BCUT2D eigenvalue weighted by Crippen LogP contribution is 2.28. The Labute approximate surface area is 204 Å². The van der Waals surface area contributed by atoms with Gasteiger partial charge in [0.15, 0.2) is 0 Å². The number of rotatable bonds is 7. The summed E-state index contributed by atoms with van der Waals surface area (Å²) in [4.78, 5) is 24.2. The van der Waals surface area contributed by atoms with E-state index in [1.807, 2.05) is 20.0 Å². The van der Waals surface area contributed by atoms with E-state index >= 15 is 0 Å². The number of fused-ring (bicyclic) bond motifs is 1. The van der Waals surface area contributed by atoms with Gasteiger partial charge >= 0.3 is 6.03 Å². The molecule has 0 unspecified atom stereocenters. The lowest BCUT2D eigenvalue weighted by molar-refractivity contribution is 0.0611. The first kappa shape index (κ1) is 24.8. The van der Waals surface area contributed by atoms with Crippen molar-refractivity contribution in [2.75, 3.05) is 13.2 Å². The second-order valence-corrected chi connectivity index (χ2v) is 9.93. The van der Waals surface area contributed by atoms with Crippen molar-refractivity contribution in [1.82, 2.24) is 20.2 Å². The molecule has 34 heavy (non-hydrogen) atoms. The van der Waals surface area contributed by atoms with Crippen molar-refractivity contribution in [2.24, 2.45) is 5.92 Å². The number of nitrogens with zero attached hydrogens (tertiary/aromatic N) is 3. The third-order valence-corrected chi connectivity index (χ3v) is 6.80. The fraction of sp³-hybridized carbons (Fsp3) is 0.560. The molecule has 1 aromatic carbocycles. The SMILES string of the molecule is CC(C)OC[C@@H](NC(=O)N1CCc2cnc(C[C@H]3CC[C@H](O)C3)nc2C1)c1ccc(F)c(Cl)c1. The van der Waals surface area contributed by atoms with Crippen molar-refractivity contribution in [3.8, 4) is 0 Å². The van der Waals surface area contributed by atoms with Crippen LogP contribution in [-0.2, 0) is 24.1 Å². The quantitative estimate of drug-likeness (QED) is 0.607. The molecule has 0 bridgehead atoms. The molecule has 4 rings (SSSR count). The Kier molecular flexibility index (Phi) is 8.01. The number of nitrogens with one attached hydrogen (secondary N) is 1. The number of halogens is 2. The van der Waals surface area contributed by atoms with Crippen LogP contribution in [0.1, 0.15) is 61.8 Å². The van der Waals surface area contributed by atoms with Crippen molar-refractivity contribution in [3.05, 3.63) is 57.9 Å². The number of urea groups is 1. The molecule has 0 saturated heterocycles. The Morgan fingerprint density at radius 2 is 2.21 bits per heavy atom. The Balaban J connectivity index is 1.43. The number of hydrogen-bond donors (Lipinski definition) is 2. The molecule has 7 nitrogen and oxygen atoms in total. The predicted octanol–water partition coefficient (Wildman–Crippen LogP) is 4.21. The maximum Gasteiger partial charge on any atom is 0.318 e. The first-order chi connectivity index (χ1) is 16.3. The van der Waals surface area contributed by atoms with E-state index < -0.39 is 11.9 Å². The Bertz CT molecular complexity index is 1020. The third kappa shape index (κ3) is 6.23. The minimum atomic E-state index is -0.504. The van der Waals surface area contributed by atoms with Crippen LogP contribution < -0.4 is 5.32 Å². The molecule has 1 aliphatic heterocycles.